The molecule has 1 N–H and O–H groups in total. The van der Waals surface area contributed by atoms with E-state index in [-0.39, 0.29) is 24.4 Å². The predicted octanol–water partition coefficient (Wildman–Crippen LogP) is 5.41. The third kappa shape index (κ3) is 4.28. The number of hydrogen-bond donors (Lipinski definition) is 1. The number of furan rings is 1. The first-order valence-corrected chi connectivity index (χ1v) is 12.7. The summed E-state index contributed by atoms with van der Waals surface area (Å²) in [6.07, 6.45) is 9.49. The number of amides is 2. The lowest BCUT2D eigenvalue weighted by Crippen LogP contribution is -2.65. The average molecular weight is 475 g/mol. The zero-order valence-corrected chi connectivity index (χ0v) is 20.8. The van der Waals surface area contributed by atoms with Crippen molar-refractivity contribution in [2.45, 2.75) is 83.8 Å². The highest BCUT2D eigenvalue weighted by molar-refractivity contribution is 6.12. The first-order valence-electron chi connectivity index (χ1n) is 12.7. The smallest absolute Gasteiger partial charge is 0.277 e. The fraction of sp³-hybridized carbons (Fsp3) is 0.464. The van der Waals surface area contributed by atoms with Gasteiger partial charge in [-0.2, -0.15) is 5.10 Å². The van der Waals surface area contributed by atoms with Gasteiger partial charge in [-0.1, -0.05) is 44.2 Å². The molecule has 3 aromatic rings. The molecule has 2 aromatic heterocycles. The van der Waals surface area contributed by atoms with Crippen LogP contribution in [0.25, 0.3) is 11.5 Å². The Labute approximate surface area is 206 Å². The van der Waals surface area contributed by atoms with Gasteiger partial charge < -0.3 is 9.73 Å². The first-order chi connectivity index (χ1) is 16.9. The Balaban J connectivity index is 1.55. The highest BCUT2D eigenvalue weighted by atomic mass is 16.3. The normalized spacial score (nSPS) is 21.3. The van der Waals surface area contributed by atoms with Gasteiger partial charge in [0, 0.05) is 17.8 Å². The summed E-state index contributed by atoms with van der Waals surface area (Å²) in [5.74, 6) is 0.238. The van der Waals surface area contributed by atoms with E-state index < -0.39 is 5.54 Å². The van der Waals surface area contributed by atoms with Crippen LogP contribution in [-0.4, -0.2) is 33.2 Å². The van der Waals surface area contributed by atoms with E-state index in [4.69, 9.17) is 4.42 Å². The molecule has 1 aliphatic heterocycles. The molecule has 35 heavy (non-hydrogen) atoms. The summed E-state index contributed by atoms with van der Waals surface area (Å²) in [6, 6.07) is 11.4. The highest BCUT2D eigenvalue weighted by Gasteiger charge is 2.49. The second kappa shape index (κ2) is 9.36. The van der Waals surface area contributed by atoms with Crippen molar-refractivity contribution in [3.05, 3.63) is 59.5 Å². The van der Waals surface area contributed by atoms with E-state index in [1.54, 1.807) is 28.0 Å². The molecule has 0 bridgehead atoms. The van der Waals surface area contributed by atoms with Crippen LogP contribution >= 0.6 is 0 Å². The minimum absolute atomic E-state index is 0.127. The maximum Gasteiger partial charge on any atom is 0.277 e. The molecule has 2 amide bonds. The number of anilines is 1. The van der Waals surface area contributed by atoms with E-state index in [9.17, 15) is 9.59 Å². The van der Waals surface area contributed by atoms with E-state index in [1.807, 2.05) is 45.0 Å². The molecule has 184 valence electrons. The van der Waals surface area contributed by atoms with Crippen LogP contribution < -0.4 is 10.2 Å². The molecular formula is C28H34N4O3. The summed E-state index contributed by atoms with van der Waals surface area (Å²) in [6.45, 7) is 6.16. The SMILES string of the molecule is Cc1cccc(N2C(=O)c3cc(-c4ccco4)nn3CC2(C)C(=O)NC2CCCCCCC2)c1C. The van der Waals surface area contributed by atoms with Crippen molar-refractivity contribution in [2.24, 2.45) is 0 Å². The van der Waals surface area contributed by atoms with Gasteiger partial charge in [0.15, 0.2) is 5.76 Å². The van der Waals surface area contributed by atoms with Crippen LogP contribution in [-0.2, 0) is 11.3 Å². The summed E-state index contributed by atoms with van der Waals surface area (Å²) in [7, 11) is 0. The maximum absolute atomic E-state index is 14.0. The zero-order valence-electron chi connectivity index (χ0n) is 20.8. The van der Waals surface area contributed by atoms with Gasteiger partial charge in [0.2, 0.25) is 5.91 Å². The van der Waals surface area contributed by atoms with Gasteiger partial charge in [0.05, 0.1) is 12.8 Å². The van der Waals surface area contributed by atoms with Crippen LogP contribution in [0.5, 0.6) is 0 Å². The molecule has 1 fully saturated rings. The number of aromatic nitrogens is 2. The fourth-order valence-corrected chi connectivity index (χ4v) is 5.42. The number of rotatable bonds is 4. The van der Waals surface area contributed by atoms with E-state index >= 15 is 0 Å². The predicted molar refractivity (Wildman–Crippen MR) is 135 cm³/mol. The van der Waals surface area contributed by atoms with Crippen LogP contribution in [0, 0.1) is 13.8 Å². The molecule has 1 saturated carbocycles. The Morgan fingerprint density at radius 3 is 2.54 bits per heavy atom. The number of fused-ring (bicyclic) bond motifs is 1. The van der Waals surface area contributed by atoms with Crippen molar-refractivity contribution in [1.29, 1.82) is 0 Å². The maximum atomic E-state index is 14.0. The Bertz CT molecular complexity index is 1220. The highest BCUT2D eigenvalue weighted by Crippen LogP contribution is 2.37. The van der Waals surface area contributed by atoms with E-state index in [1.165, 1.54) is 19.3 Å². The largest absolute Gasteiger partial charge is 0.463 e. The number of benzene rings is 1. The second-order valence-corrected chi connectivity index (χ2v) is 10.2. The van der Waals surface area contributed by atoms with Gasteiger partial charge in [-0.3, -0.25) is 19.2 Å². The number of aryl methyl sites for hydroxylation is 1. The van der Waals surface area contributed by atoms with Crippen molar-refractivity contribution in [2.75, 3.05) is 4.90 Å². The molecule has 0 saturated heterocycles. The van der Waals surface area contributed by atoms with E-state index in [0.717, 1.165) is 42.5 Å². The summed E-state index contributed by atoms with van der Waals surface area (Å²) in [4.78, 5) is 29.7. The molecule has 3 heterocycles. The third-order valence-corrected chi connectivity index (χ3v) is 7.67. The van der Waals surface area contributed by atoms with Crippen LogP contribution in [0.3, 0.4) is 0 Å². The minimum Gasteiger partial charge on any atom is -0.463 e. The molecule has 5 rings (SSSR count). The lowest BCUT2D eigenvalue weighted by Gasteiger charge is -2.44. The molecule has 7 heteroatoms. The monoisotopic (exact) mass is 474 g/mol. The van der Waals surface area contributed by atoms with Crippen molar-refractivity contribution >= 4 is 17.5 Å². The summed E-state index contributed by atoms with van der Waals surface area (Å²) < 4.78 is 7.19. The molecule has 0 spiro atoms. The Morgan fingerprint density at radius 2 is 1.83 bits per heavy atom. The van der Waals surface area contributed by atoms with Crippen molar-refractivity contribution < 1.29 is 14.0 Å². The van der Waals surface area contributed by atoms with Gasteiger partial charge in [0.1, 0.15) is 16.9 Å². The Hall–Kier alpha value is -3.35. The van der Waals surface area contributed by atoms with Crippen molar-refractivity contribution in [3.8, 4) is 11.5 Å². The van der Waals surface area contributed by atoms with Crippen molar-refractivity contribution in [1.82, 2.24) is 15.1 Å². The average Bonchev–Trinajstić information content (AvgIpc) is 3.48. The molecule has 1 aliphatic carbocycles. The number of nitrogens with zero attached hydrogens (tertiary/aromatic N) is 3. The minimum atomic E-state index is -1.13. The lowest BCUT2D eigenvalue weighted by atomic mass is 9.91. The van der Waals surface area contributed by atoms with E-state index in [0.29, 0.717) is 17.1 Å². The molecule has 1 atom stereocenters. The van der Waals surface area contributed by atoms with Crippen LogP contribution in [0.4, 0.5) is 5.69 Å². The molecule has 2 aliphatic rings. The van der Waals surface area contributed by atoms with Gasteiger partial charge in [0.25, 0.3) is 5.91 Å². The number of nitrogens with one attached hydrogen (secondary N) is 1. The molecule has 1 aromatic carbocycles. The van der Waals surface area contributed by atoms with Crippen LogP contribution in [0.15, 0.2) is 47.1 Å². The van der Waals surface area contributed by atoms with Gasteiger partial charge in [-0.15, -0.1) is 0 Å². The van der Waals surface area contributed by atoms with Gasteiger partial charge in [-0.05, 0) is 62.9 Å². The van der Waals surface area contributed by atoms with Crippen LogP contribution in [0.1, 0.15) is 73.5 Å². The number of carbonyl (C=O) groups is 2. The first kappa shape index (κ1) is 23.4. The standard InChI is InChI=1S/C28H34N4O3/c1-19-11-9-14-23(20(19)2)32-26(33)24-17-22(25-15-10-16-35-25)30-31(24)18-28(32,3)27(34)29-21-12-7-5-4-6-8-13-21/h9-11,14-17,21H,4-8,12-13,18H2,1-3H3,(H,29,34). The summed E-state index contributed by atoms with van der Waals surface area (Å²) >= 11 is 0. The van der Waals surface area contributed by atoms with Gasteiger partial charge in [-0.25, -0.2) is 0 Å². The van der Waals surface area contributed by atoms with Crippen molar-refractivity contribution in [3.63, 3.8) is 0 Å². The Morgan fingerprint density at radius 1 is 1.09 bits per heavy atom. The molecule has 1 unspecified atom stereocenters. The van der Waals surface area contributed by atoms with Gasteiger partial charge >= 0.3 is 0 Å². The lowest BCUT2D eigenvalue weighted by molar-refractivity contribution is -0.127. The van der Waals surface area contributed by atoms with E-state index in [2.05, 4.69) is 10.4 Å². The van der Waals surface area contributed by atoms with Crippen LogP contribution in [0.2, 0.25) is 0 Å². The number of hydrogen-bond acceptors (Lipinski definition) is 4. The third-order valence-electron chi connectivity index (χ3n) is 7.67. The fourth-order valence-electron chi connectivity index (χ4n) is 5.42. The summed E-state index contributed by atoms with van der Waals surface area (Å²) in [5, 5.41) is 7.98. The Kier molecular flexibility index (Phi) is 6.26. The number of carbonyl (C=O) groups excluding carboxylic acids is 2. The molecule has 7 nitrogen and oxygen atoms in total. The topological polar surface area (TPSA) is 80.4 Å². The summed E-state index contributed by atoms with van der Waals surface area (Å²) in [5.41, 5.74) is 2.74. The quantitative estimate of drug-likeness (QED) is 0.548. The molecule has 0 radical (unpaired) electrons. The molecular weight excluding hydrogens is 440 g/mol. The second-order valence-electron chi connectivity index (χ2n) is 10.2. The zero-order chi connectivity index (χ0) is 24.6.